The lowest BCUT2D eigenvalue weighted by Crippen LogP contribution is -2.65. The Hall–Kier alpha value is -1.14. The van der Waals surface area contributed by atoms with E-state index in [-0.39, 0.29) is 5.91 Å². The van der Waals surface area contributed by atoms with E-state index in [1.54, 1.807) is 19.3 Å². The molecule has 0 radical (unpaired) electrons. The van der Waals surface area contributed by atoms with Gasteiger partial charge in [-0.05, 0) is 32.6 Å². The second kappa shape index (κ2) is 12.2. The van der Waals surface area contributed by atoms with Gasteiger partial charge in [0.1, 0.15) is 29.9 Å². The van der Waals surface area contributed by atoms with Gasteiger partial charge in [0.05, 0.1) is 24.6 Å². The summed E-state index contributed by atoms with van der Waals surface area (Å²) in [6, 6.07) is -1.34. The molecule has 11 heteroatoms. The van der Waals surface area contributed by atoms with E-state index in [9.17, 15) is 24.9 Å². The van der Waals surface area contributed by atoms with Gasteiger partial charge in [-0.15, -0.1) is 23.4 Å². The molecule has 1 fully saturated rings. The molecular formula is C20H31ClN2O7S. The minimum Gasteiger partial charge on any atom is -0.466 e. The summed E-state index contributed by atoms with van der Waals surface area (Å²) in [7, 11) is 1.30. The largest absolute Gasteiger partial charge is 0.466 e. The third-order valence-electron chi connectivity index (χ3n) is 5.37. The zero-order chi connectivity index (χ0) is 23.1. The van der Waals surface area contributed by atoms with Crippen LogP contribution in [0.1, 0.15) is 19.8 Å². The summed E-state index contributed by atoms with van der Waals surface area (Å²) in [5.74, 6) is -0.780. The number of aliphatic hydroxyl groups excluding tert-OH is 3. The first-order valence-corrected chi connectivity index (χ1v) is 11.8. The summed E-state index contributed by atoms with van der Waals surface area (Å²) >= 11 is 7.49. The van der Waals surface area contributed by atoms with Crippen molar-refractivity contribution in [1.82, 2.24) is 10.6 Å². The number of allylic oxidation sites excluding steroid dienone is 1. The highest BCUT2D eigenvalue weighted by molar-refractivity contribution is 7.99. The molecule has 3 unspecified atom stereocenters. The summed E-state index contributed by atoms with van der Waals surface area (Å²) in [4.78, 5) is 24.2. The van der Waals surface area contributed by atoms with Crippen LogP contribution in [0.5, 0.6) is 0 Å². The number of hydrogen-bond donors (Lipinski definition) is 5. The molecule has 0 spiro atoms. The highest BCUT2D eigenvalue weighted by atomic mass is 35.5. The number of methoxy groups -OCH3 is 1. The van der Waals surface area contributed by atoms with E-state index in [0.29, 0.717) is 19.4 Å². The van der Waals surface area contributed by atoms with E-state index < -0.39 is 53.3 Å². The van der Waals surface area contributed by atoms with Crippen LogP contribution >= 0.6 is 23.4 Å². The van der Waals surface area contributed by atoms with Crippen LogP contribution in [0.3, 0.4) is 0 Å². The Labute approximate surface area is 191 Å². The van der Waals surface area contributed by atoms with Crippen molar-refractivity contribution in [2.75, 3.05) is 19.9 Å². The maximum absolute atomic E-state index is 12.9. The predicted molar refractivity (Wildman–Crippen MR) is 118 cm³/mol. The van der Waals surface area contributed by atoms with Crippen LogP contribution in [-0.4, -0.2) is 94.4 Å². The molecule has 0 saturated carbocycles. The van der Waals surface area contributed by atoms with Gasteiger partial charge in [-0.2, -0.15) is 0 Å². The monoisotopic (exact) mass is 478 g/mol. The van der Waals surface area contributed by atoms with Gasteiger partial charge < -0.3 is 35.4 Å². The zero-order valence-electron chi connectivity index (χ0n) is 17.7. The molecule has 0 aromatic carbocycles. The Balaban J connectivity index is 2.07. The van der Waals surface area contributed by atoms with Gasteiger partial charge in [-0.25, -0.2) is 4.79 Å². The number of rotatable bonds is 7. The smallest absolute Gasteiger partial charge is 0.330 e. The first-order valence-electron chi connectivity index (χ1n) is 10.0. The summed E-state index contributed by atoms with van der Waals surface area (Å²) in [5, 5.41) is 36.1. The maximum atomic E-state index is 12.9. The van der Waals surface area contributed by atoms with Crippen LogP contribution in [0.15, 0.2) is 23.8 Å². The first kappa shape index (κ1) is 26.1. The van der Waals surface area contributed by atoms with Crippen molar-refractivity contribution < 1.29 is 34.4 Å². The normalized spacial score (nSPS) is 33.8. The van der Waals surface area contributed by atoms with Crippen LogP contribution in [0.25, 0.3) is 0 Å². The van der Waals surface area contributed by atoms with Gasteiger partial charge >= 0.3 is 5.97 Å². The number of thioether (sulfide) groups is 1. The van der Waals surface area contributed by atoms with Crippen LogP contribution in [0.2, 0.25) is 0 Å². The Bertz CT molecular complexity index is 688. The van der Waals surface area contributed by atoms with Crippen molar-refractivity contribution in [1.29, 1.82) is 0 Å². The number of hydrogen-bond acceptors (Lipinski definition) is 9. The number of esters is 1. The fourth-order valence-corrected chi connectivity index (χ4v) is 4.41. The maximum Gasteiger partial charge on any atom is 0.330 e. The minimum atomic E-state index is -1.42. The number of halogens is 1. The average molecular weight is 479 g/mol. The molecule has 5 N–H and O–H groups in total. The van der Waals surface area contributed by atoms with Gasteiger partial charge in [0.2, 0.25) is 5.91 Å². The lowest BCUT2D eigenvalue weighted by atomic mass is 9.93. The lowest BCUT2D eigenvalue weighted by molar-refractivity contribution is -0.205. The molecule has 1 amide bonds. The van der Waals surface area contributed by atoms with Gasteiger partial charge in [-0.1, -0.05) is 17.7 Å². The zero-order valence-corrected chi connectivity index (χ0v) is 19.3. The molecule has 2 aliphatic rings. The summed E-state index contributed by atoms with van der Waals surface area (Å²) in [6.45, 7) is 2.18. The Kier molecular flexibility index (Phi) is 10.3. The van der Waals surface area contributed by atoms with Crippen molar-refractivity contribution in [2.24, 2.45) is 0 Å². The fraction of sp³-hybridized carbons (Fsp3) is 0.700. The molecule has 2 rings (SSSR count). The second-order valence-corrected chi connectivity index (χ2v) is 9.14. The third-order valence-corrected chi connectivity index (χ3v) is 6.49. The minimum absolute atomic E-state index is 0.330. The summed E-state index contributed by atoms with van der Waals surface area (Å²) < 4.78 is 10.3. The van der Waals surface area contributed by atoms with Gasteiger partial charge in [0.25, 0.3) is 0 Å². The number of aliphatic hydroxyl groups is 3. The van der Waals surface area contributed by atoms with Crippen molar-refractivity contribution in [3.63, 3.8) is 0 Å². The van der Waals surface area contributed by atoms with Crippen LogP contribution in [0.4, 0.5) is 0 Å². The molecule has 0 aromatic heterocycles. The van der Waals surface area contributed by atoms with Crippen molar-refractivity contribution >= 4 is 35.2 Å². The highest BCUT2D eigenvalue weighted by Crippen LogP contribution is 2.30. The van der Waals surface area contributed by atoms with E-state index in [1.807, 2.05) is 6.08 Å². The Morgan fingerprint density at radius 3 is 2.68 bits per heavy atom. The Morgan fingerprint density at radius 1 is 1.35 bits per heavy atom. The SMILES string of the molecule is COC(=O)/C=C/C1=CC[C@@H](C(=O)N[C@H]([C@H](C)Cl)[C@H]2OC(SC)[C@H](O)C(O)C2O)NCC1. The van der Waals surface area contributed by atoms with Crippen LogP contribution < -0.4 is 10.6 Å². The third kappa shape index (κ3) is 6.92. The van der Waals surface area contributed by atoms with E-state index in [4.69, 9.17) is 16.3 Å². The molecule has 2 heterocycles. The van der Waals surface area contributed by atoms with E-state index >= 15 is 0 Å². The van der Waals surface area contributed by atoms with Crippen LogP contribution in [-0.2, 0) is 19.1 Å². The standard InChI is InChI=1S/C20H31ClN2O7S/c1-10(21)14(18-16(26)15(25)17(27)20(30-18)31-3)23-19(28)12-6-4-11(8-9-22-12)5-7-13(24)29-2/h4-5,7,10,12,14-18,20,22,25-27H,6,8-9H2,1-3H3,(H,23,28)/b7-5+/t10-,12-,14+,15?,16?,17+,18+,20?/m0/s1. The van der Waals surface area contributed by atoms with Gasteiger partial charge in [0.15, 0.2) is 0 Å². The van der Waals surface area contributed by atoms with E-state index in [0.717, 1.165) is 5.57 Å². The average Bonchev–Trinajstić information content (AvgIpc) is 3.00. The van der Waals surface area contributed by atoms with E-state index in [1.165, 1.54) is 24.9 Å². The summed E-state index contributed by atoms with van der Waals surface area (Å²) in [5.41, 5.74) is 0.141. The number of carbonyl (C=O) groups is 2. The molecule has 0 bridgehead atoms. The summed E-state index contributed by atoms with van der Waals surface area (Å²) in [6.07, 6.45) is 2.52. The van der Waals surface area contributed by atoms with E-state index in [2.05, 4.69) is 15.4 Å². The van der Waals surface area contributed by atoms with Crippen molar-refractivity contribution in [3.8, 4) is 0 Å². The molecule has 0 aromatic rings. The molecule has 9 nitrogen and oxygen atoms in total. The molecule has 31 heavy (non-hydrogen) atoms. The fourth-order valence-electron chi connectivity index (χ4n) is 3.53. The van der Waals surface area contributed by atoms with Crippen molar-refractivity contribution in [2.45, 2.75) is 67.1 Å². The van der Waals surface area contributed by atoms with Gasteiger partial charge in [0, 0.05) is 6.08 Å². The first-order chi connectivity index (χ1) is 14.7. The molecule has 1 saturated heterocycles. The second-order valence-electron chi connectivity index (χ2n) is 7.52. The topological polar surface area (TPSA) is 137 Å². The molecule has 8 atom stereocenters. The number of alkyl halides is 1. The quantitative estimate of drug-likeness (QED) is 0.189. The van der Waals surface area contributed by atoms with Gasteiger partial charge in [-0.3, -0.25) is 4.79 Å². The highest BCUT2D eigenvalue weighted by Gasteiger charge is 2.48. The number of amides is 1. The Morgan fingerprint density at radius 2 is 2.06 bits per heavy atom. The molecular weight excluding hydrogens is 448 g/mol. The predicted octanol–water partition coefficient (Wildman–Crippen LogP) is -0.323. The lowest BCUT2D eigenvalue weighted by Gasteiger charge is -2.44. The molecule has 176 valence electrons. The van der Waals surface area contributed by atoms with Crippen molar-refractivity contribution in [3.05, 3.63) is 23.8 Å². The molecule has 2 aliphatic heterocycles. The van der Waals surface area contributed by atoms with Crippen LogP contribution in [0, 0.1) is 0 Å². The number of carbonyl (C=O) groups excluding carboxylic acids is 2. The molecule has 0 aliphatic carbocycles. The number of ether oxygens (including phenoxy) is 2. The number of nitrogens with one attached hydrogen (secondary N) is 2.